The Morgan fingerprint density at radius 3 is 2.65 bits per heavy atom. The van der Waals surface area contributed by atoms with Crippen molar-refractivity contribution in [3.8, 4) is 5.75 Å². The summed E-state index contributed by atoms with van der Waals surface area (Å²) >= 11 is 3.28. The fraction of sp³-hybridized carbons (Fsp3) is 0.133. The molecule has 0 aliphatic heterocycles. The minimum Gasteiger partial charge on any atom is -0.494 e. The zero-order valence-electron chi connectivity index (χ0n) is 10.8. The van der Waals surface area contributed by atoms with Crippen LogP contribution in [0.2, 0.25) is 0 Å². The van der Waals surface area contributed by atoms with Gasteiger partial charge in [-0.05, 0) is 35.9 Å². The molecule has 104 valence electrons. The summed E-state index contributed by atoms with van der Waals surface area (Å²) in [6, 6.07) is 9.53. The Labute approximate surface area is 124 Å². The molecule has 5 heteroatoms. The van der Waals surface area contributed by atoms with Crippen LogP contribution in [0.15, 0.2) is 40.9 Å². The number of ether oxygens (including phenoxy) is 1. The molecule has 0 aliphatic carbocycles. The molecule has 0 unspecified atom stereocenters. The molecule has 3 nitrogen and oxygen atoms in total. The first kappa shape index (κ1) is 14.5. The first-order valence-electron chi connectivity index (χ1n) is 5.92. The van der Waals surface area contributed by atoms with Gasteiger partial charge in [0.15, 0.2) is 17.3 Å². The third-order valence-corrected chi connectivity index (χ3v) is 3.39. The fourth-order valence-corrected chi connectivity index (χ4v) is 2.27. The van der Waals surface area contributed by atoms with Crippen molar-refractivity contribution >= 4 is 27.4 Å². The maximum atomic E-state index is 13.6. The first-order chi connectivity index (χ1) is 9.51. The monoisotopic (exact) mass is 337 g/mol. The second kappa shape index (κ2) is 6.05. The van der Waals surface area contributed by atoms with Gasteiger partial charge in [0.25, 0.3) is 0 Å². The summed E-state index contributed by atoms with van der Waals surface area (Å²) in [4.78, 5) is 12.2. The molecule has 0 bridgehead atoms. The molecule has 0 amide bonds. The van der Waals surface area contributed by atoms with E-state index >= 15 is 0 Å². The molecule has 2 aromatic carbocycles. The number of nitrogens with two attached hydrogens (primary N) is 1. The van der Waals surface area contributed by atoms with Crippen molar-refractivity contribution in [3.05, 3.63) is 57.8 Å². The Balaban J connectivity index is 2.21. The molecule has 0 saturated heterocycles. The number of hydrogen-bond acceptors (Lipinski definition) is 3. The summed E-state index contributed by atoms with van der Waals surface area (Å²) in [5.74, 6) is -0.481. The van der Waals surface area contributed by atoms with E-state index in [4.69, 9.17) is 10.5 Å². The van der Waals surface area contributed by atoms with E-state index in [1.54, 1.807) is 24.3 Å². The molecule has 0 aromatic heterocycles. The van der Waals surface area contributed by atoms with Crippen LogP contribution in [0.25, 0.3) is 0 Å². The van der Waals surface area contributed by atoms with E-state index in [0.717, 1.165) is 4.47 Å². The Kier molecular flexibility index (Phi) is 4.39. The number of halogens is 2. The van der Waals surface area contributed by atoms with Crippen LogP contribution in [0.3, 0.4) is 0 Å². The van der Waals surface area contributed by atoms with E-state index < -0.39 is 5.82 Å². The van der Waals surface area contributed by atoms with Gasteiger partial charge in [0.1, 0.15) is 0 Å². The molecule has 0 radical (unpaired) electrons. The van der Waals surface area contributed by atoms with Crippen LogP contribution in [0.4, 0.5) is 10.1 Å². The Hall–Kier alpha value is -1.88. The number of anilines is 1. The van der Waals surface area contributed by atoms with Crippen molar-refractivity contribution in [2.45, 2.75) is 6.42 Å². The predicted octanol–water partition coefficient (Wildman–Crippen LogP) is 3.60. The molecule has 0 atom stereocenters. The lowest BCUT2D eigenvalue weighted by molar-refractivity contribution is 0.0993. The van der Waals surface area contributed by atoms with E-state index in [2.05, 4.69) is 15.9 Å². The smallest absolute Gasteiger partial charge is 0.169 e. The highest BCUT2D eigenvalue weighted by molar-refractivity contribution is 9.10. The average Bonchev–Trinajstić information content (AvgIpc) is 2.38. The summed E-state index contributed by atoms with van der Waals surface area (Å²) in [7, 11) is 1.39. The van der Waals surface area contributed by atoms with Gasteiger partial charge in [-0.15, -0.1) is 0 Å². The van der Waals surface area contributed by atoms with Crippen LogP contribution in [-0.4, -0.2) is 12.9 Å². The average molecular weight is 338 g/mol. The molecule has 2 N–H and O–H groups in total. The number of carbonyl (C=O) groups is 1. The highest BCUT2D eigenvalue weighted by Gasteiger charge is 2.12. The number of carbonyl (C=O) groups excluding carboxylic acids is 1. The minimum atomic E-state index is -0.485. The largest absolute Gasteiger partial charge is 0.494 e. The number of methoxy groups -OCH3 is 1. The Morgan fingerprint density at radius 1 is 1.30 bits per heavy atom. The second-order valence-electron chi connectivity index (χ2n) is 4.30. The molecule has 0 saturated carbocycles. The Bertz CT molecular complexity index is 658. The maximum Gasteiger partial charge on any atom is 0.169 e. The van der Waals surface area contributed by atoms with Gasteiger partial charge < -0.3 is 10.5 Å². The van der Waals surface area contributed by atoms with Crippen molar-refractivity contribution in [3.63, 3.8) is 0 Å². The normalized spacial score (nSPS) is 10.3. The van der Waals surface area contributed by atoms with Crippen molar-refractivity contribution in [1.82, 2.24) is 0 Å². The van der Waals surface area contributed by atoms with Gasteiger partial charge in [-0.25, -0.2) is 4.39 Å². The fourth-order valence-electron chi connectivity index (χ4n) is 1.89. The van der Waals surface area contributed by atoms with Gasteiger partial charge in [-0.3, -0.25) is 4.79 Å². The lowest BCUT2D eigenvalue weighted by Gasteiger charge is -2.07. The van der Waals surface area contributed by atoms with Crippen LogP contribution < -0.4 is 10.5 Å². The molecule has 0 aliphatic rings. The summed E-state index contributed by atoms with van der Waals surface area (Å²) in [5, 5.41) is 0. The lowest BCUT2D eigenvalue weighted by Crippen LogP contribution is -2.07. The van der Waals surface area contributed by atoms with E-state index in [-0.39, 0.29) is 18.0 Å². The molecule has 2 rings (SSSR count). The quantitative estimate of drug-likeness (QED) is 0.685. The van der Waals surface area contributed by atoms with Gasteiger partial charge in [0.05, 0.1) is 7.11 Å². The van der Waals surface area contributed by atoms with Gasteiger partial charge in [0.2, 0.25) is 0 Å². The standard InChI is InChI=1S/C15H13BrFNO2/c1-20-15-5-2-9(6-12(15)17)7-14(19)11-4-3-10(16)8-13(11)18/h2-6,8H,7,18H2,1H3. The summed E-state index contributed by atoms with van der Waals surface area (Å²) in [5.41, 5.74) is 7.22. The summed E-state index contributed by atoms with van der Waals surface area (Å²) in [6.07, 6.45) is 0.0900. The van der Waals surface area contributed by atoms with Crippen molar-refractivity contribution in [1.29, 1.82) is 0 Å². The maximum absolute atomic E-state index is 13.6. The highest BCUT2D eigenvalue weighted by atomic mass is 79.9. The molecule has 20 heavy (non-hydrogen) atoms. The van der Waals surface area contributed by atoms with Crippen LogP contribution in [0, 0.1) is 5.82 Å². The van der Waals surface area contributed by atoms with Crippen molar-refractivity contribution in [2.24, 2.45) is 0 Å². The van der Waals surface area contributed by atoms with Gasteiger partial charge in [-0.1, -0.05) is 22.0 Å². The lowest BCUT2D eigenvalue weighted by atomic mass is 10.0. The molecule has 2 aromatic rings. The topological polar surface area (TPSA) is 52.3 Å². The first-order valence-corrected chi connectivity index (χ1v) is 6.71. The third kappa shape index (κ3) is 3.17. The van der Waals surface area contributed by atoms with Crippen LogP contribution >= 0.6 is 15.9 Å². The van der Waals surface area contributed by atoms with Gasteiger partial charge in [-0.2, -0.15) is 0 Å². The van der Waals surface area contributed by atoms with Crippen molar-refractivity contribution < 1.29 is 13.9 Å². The molecular weight excluding hydrogens is 325 g/mol. The molecule has 0 fully saturated rings. The van der Waals surface area contributed by atoms with Crippen LogP contribution in [0.5, 0.6) is 5.75 Å². The van der Waals surface area contributed by atoms with Gasteiger partial charge >= 0.3 is 0 Å². The van der Waals surface area contributed by atoms with E-state index in [1.165, 1.54) is 19.2 Å². The van der Waals surface area contributed by atoms with E-state index in [0.29, 0.717) is 16.8 Å². The Morgan fingerprint density at radius 2 is 2.05 bits per heavy atom. The molecule has 0 spiro atoms. The van der Waals surface area contributed by atoms with Crippen LogP contribution in [0.1, 0.15) is 15.9 Å². The van der Waals surface area contributed by atoms with Crippen LogP contribution in [-0.2, 0) is 6.42 Å². The minimum absolute atomic E-state index is 0.0900. The number of benzene rings is 2. The third-order valence-electron chi connectivity index (χ3n) is 2.89. The number of hydrogen-bond donors (Lipinski definition) is 1. The number of ketones is 1. The number of Topliss-reactive ketones (excluding diaryl/α,β-unsaturated/α-hetero) is 1. The van der Waals surface area contributed by atoms with Gasteiger partial charge in [0, 0.05) is 22.1 Å². The summed E-state index contributed by atoms with van der Waals surface area (Å²) in [6.45, 7) is 0. The molecular formula is C15H13BrFNO2. The zero-order chi connectivity index (χ0) is 14.7. The van der Waals surface area contributed by atoms with E-state index in [1.807, 2.05) is 0 Å². The van der Waals surface area contributed by atoms with E-state index in [9.17, 15) is 9.18 Å². The predicted molar refractivity (Wildman–Crippen MR) is 79.5 cm³/mol. The zero-order valence-corrected chi connectivity index (χ0v) is 12.4. The SMILES string of the molecule is COc1ccc(CC(=O)c2ccc(Br)cc2N)cc1F. The number of nitrogen functional groups attached to an aromatic ring is 1. The summed E-state index contributed by atoms with van der Waals surface area (Å²) < 4.78 is 19.2. The van der Waals surface area contributed by atoms with Crippen molar-refractivity contribution in [2.75, 3.05) is 12.8 Å². The highest BCUT2D eigenvalue weighted by Crippen LogP contribution is 2.22. The second-order valence-corrected chi connectivity index (χ2v) is 5.22. The number of rotatable bonds is 4. The molecule has 0 heterocycles.